The Morgan fingerprint density at radius 2 is 1.81 bits per heavy atom. The third-order valence-electron chi connectivity index (χ3n) is 3.20. The zero-order valence-corrected chi connectivity index (χ0v) is 14.4. The van der Waals surface area contributed by atoms with Crippen molar-refractivity contribution in [1.29, 1.82) is 0 Å². The largest absolute Gasteiger partial charge is 0.480 e. The molecule has 26 heavy (non-hydrogen) atoms. The van der Waals surface area contributed by atoms with Gasteiger partial charge in [-0.05, 0) is 42.0 Å². The lowest BCUT2D eigenvalue weighted by Crippen LogP contribution is -2.30. The van der Waals surface area contributed by atoms with Crippen molar-refractivity contribution in [3.63, 3.8) is 0 Å². The normalized spacial score (nSPS) is 12.0. The minimum atomic E-state index is -3.91. The number of rotatable bonds is 8. The van der Waals surface area contributed by atoms with Gasteiger partial charge in [-0.2, -0.15) is 4.72 Å². The Hall–Kier alpha value is -3.02. The maximum Gasteiger partial charge on any atom is 0.318 e. The van der Waals surface area contributed by atoms with Crippen LogP contribution in [0.5, 0.6) is 0 Å². The van der Waals surface area contributed by atoms with E-state index in [1.165, 1.54) is 24.3 Å². The number of aromatic nitrogens is 1. The van der Waals surface area contributed by atoms with Gasteiger partial charge in [0.25, 0.3) is 0 Å². The van der Waals surface area contributed by atoms with E-state index < -0.39 is 22.5 Å². The predicted octanol–water partition coefficient (Wildman–Crippen LogP) is -0.559. The number of aliphatic carboxylic acids is 1. The van der Waals surface area contributed by atoms with E-state index in [0.29, 0.717) is 12.1 Å². The topological polar surface area (TPSA) is 164 Å². The molecule has 0 amide bonds. The molecule has 1 heterocycles. The van der Waals surface area contributed by atoms with Crippen LogP contribution >= 0.6 is 0 Å². The Morgan fingerprint density at radius 3 is 2.38 bits per heavy atom. The number of amidine groups is 1. The van der Waals surface area contributed by atoms with Gasteiger partial charge >= 0.3 is 5.97 Å². The van der Waals surface area contributed by atoms with Crippen LogP contribution in [0.1, 0.15) is 11.1 Å². The third kappa shape index (κ3) is 5.51. The number of nitrogens with zero attached hydrogens (tertiary/aromatic N) is 3. The first-order valence-corrected chi connectivity index (χ1v) is 8.83. The quantitative estimate of drug-likeness (QED) is 0.205. The summed E-state index contributed by atoms with van der Waals surface area (Å²) in [6, 6.07) is 9.07. The lowest BCUT2D eigenvalue weighted by Gasteiger charge is -2.13. The van der Waals surface area contributed by atoms with Gasteiger partial charge in [0.15, 0.2) is 5.84 Å². The summed E-state index contributed by atoms with van der Waals surface area (Å²) in [5.41, 5.74) is 7.24. The molecule has 0 saturated carbocycles. The minimum Gasteiger partial charge on any atom is -0.480 e. The molecule has 0 atom stereocenters. The van der Waals surface area contributed by atoms with Crippen LogP contribution < -0.4 is 16.3 Å². The van der Waals surface area contributed by atoms with E-state index in [2.05, 4.69) is 10.1 Å². The van der Waals surface area contributed by atoms with E-state index in [1.54, 1.807) is 24.5 Å². The fourth-order valence-electron chi connectivity index (χ4n) is 1.95. The molecule has 11 heteroatoms. The number of nitrogens with two attached hydrogens (primary N) is 2. The van der Waals surface area contributed by atoms with Crippen LogP contribution in [-0.2, 0) is 21.4 Å². The first-order chi connectivity index (χ1) is 12.3. The number of carboxylic acid groups (broad SMARTS) is 1. The fraction of sp³-hybridized carbons (Fsp3) is 0.133. The molecule has 0 saturated heterocycles. The van der Waals surface area contributed by atoms with Gasteiger partial charge in [-0.25, -0.2) is 19.4 Å². The number of hydrogen-bond donors (Lipinski definition) is 4. The van der Waals surface area contributed by atoms with Crippen molar-refractivity contribution in [3.05, 3.63) is 59.9 Å². The van der Waals surface area contributed by atoms with E-state index in [9.17, 15) is 13.2 Å². The van der Waals surface area contributed by atoms with E-state index in [-0.39, 0.29) is 10.7 Å². The predicted molar refractivity (Wildman–Crippen MR) is 94.0 cm³/mol. The summed E-state index contributed by atoms with van der Waals surface area (Å²) < 4.78 is 25.8. The van der Waals surface area contributed by atoms with Gasteiger partial charge in [-0.3, -0.25) is 9.78 Å². The highest BCUT2D eigenvalue weighted by atomic mass is 32.2. The van der Waals surface area contributed by atoms with Crippen molar-refractivity contribution in [2.24, 2.45) is 16.7 Å². The van der Waals surface area contributed by atoms with Crippen LogP contribution in [0.2, 0.25) is 0 Å². The van der Waals surface area contributed by atoms with Crippen LogP contribution in [0.15, 0.2) is 58.8 Å². The Labute approximate surface area is 150 Å². The number of nitrogens with one attached hydrogen (secondary N) is 1. The number of hydrogen-bond acceptors (Lipinski definition) is 7. The number of sulfonamides is 1. The van der Waals surface area contributed by atoms with Crippen molar-refractivity contribution in [2.75, 3.05) is 6.54 Å². The van der Waals surface area contributed by atoms with Crippen molar-refractivity contribution in [1.82, 2.24) is 14.8 Å². The molecule has 0 fully saturated rings. The summed E-state index contributed by atoms with van der Waals surface area (Å²) in [7, 11) is -3.91. The molecule has 0 aliphatic carbocycles. The minimum absolute atomic E-state index is 0.0864. The molecular formula is C15H18N6O4S. The van der Waals surface area contributed by atoms with E-state index in [1.807, 2.05) is 4.72 Å². The van der Waals surface area contributed by atoms with Crippen molar-refractivity contribution in [2.45, 2.75) is 11.4 Å². The number of hydrazine groups is 1. The smallest absolute Gasteiger partial charge is 0.318 e. The summed E-state index contributed by atoms with van der Waals surface area (Å²) in [6.45, 7) is -0.389. The molecule has 6 N–H and O–H groups in total. The monoisotopic (exact) mass is 378 g/mol. The van der Waals surface area contributed by atoms with Crippen LogP contribution in [0.25, 0.3) is 0 Å². The Bertz CT molecular complexity index is 884. The fourth-order valence-corrected chi connectivity index (χ4v) is 2.93. The van der Waals surface area contributed by atoms with Crippen molar-refractivity contribution >= 4 is 21.8 Å². The molecule has 10 nitrogen and oxygen atoms in total. The molecule has 138 valence electrons. The lowest BCUT2D eigenvalue weighted by atomic mass is 10.2. The highest BCUT2D eigenvalue weighted by Crippen LogP contribution is 2.11. The Morgan fingerprint density at radius 1 is 1.19 bits per heavy atom. The highest BCUT2D eigenvalue weighted by molar-refractivity contribution is 7.89. The van der Waals surface area contributed by atoms with Gasteiger partial charge in [-0.1, -0.05) is 0 Å². The molecule has 2 rings (SSSR count). The average molecular weight is 378 g/mol. The summed E-state index contributed by atoms with van der Waals surface area (Å²) in [5, 5.41) is 13.7. The zero-order valence-electron chi connectivity index (χ0n) is 13.6. The first kappa shape index (κ1) is 19.3. The van der Waals surface area contributed by atoms with Crippen LogP contribution in [0.4, 0.5) is 0 Å². The van der Waals surface area contributed by atoms with E-state index in [0.717, 1.165) is 10.7 Å². The average Bonchev–Trinajstić information content (AvgIpc) is 2.61. The maximum atomic E-state index is 11.9. The second-order valence-corrected chi connectivity index (χ2v) is 6.95. The number of carbonyl (C=O) groups is 1. The van der Waals surface area contributed by atoms with Crippen molar-refractivity contribution < 1.29 is 18.3 Å². The number of benzene rings is 1. The van der Waals surface area contributed by atoms with Crippen molar-refractivity contribution in [3.8, 4) is 0 Å². The van der Waals surface area contributed by atoms with Crippen LogP contribution in [-0.4, -0.2) is 42.0 Å². The molecule has 2 aromatic rings. The first-order valence-electron chi connectivity index (χ1n) is 7.35. The zero-order chi connectivity index (χ0) is 19.2. The molecule has 0 unspecified atom stereocenters. The van der Waals surface area contributed by atoms with Crippen LogP contribution in [0.3, 0.4) is 0 Å². The molecule has 0 radical (unpaired) electrons. The van der Waals surface area contributed by atoms with Gasteiger partial charge in [0.1, 0.15) is 6.54 Å². The van der Waals surface area contributed by atoms with E-state index in [4.69, 9.17) is 16.7 Å². The molecule has 0 spiro atoms. The molecule has 0 aliphatic heterocycles. The third-order valence-corrected chi connectivity index (χ3v) is 4.62. The maximum absolute atomic E-state index is 11.9. The van der Waals surface area contributed by atoms with Gasteiger partial charge in [0, 0.05) is 18.0 Å². The highest BCUT2D eigenvalue weighted by Gasteiger charge is 2.15. The molecule has 0 bridgehead atoms. The standard InChI is InChI=1S/C15H18N6O4S/c16-15(20-21(17)10-11-5-7-18-8-6-11)12-1-3-13(4-2-12)26(24,25)19-9-14(22)23/h1-8,19H,9-10,17H2,(H2,16,20)(H,22,23). The number of hydrazone groups is 1. The van der Waals surface area contributed by atoms with Gasteiger partial charge in [-0.15, -0.1) is 5.10 Å². The summed E-state index contributed by atoms with van der Waals surface area (Å²) in [4.78, 5) is 14.3. The van der Waals surface area contributed by atoms with Crippen LogP contribution in [0, 0.1) is 0 Å². The van der Waals surface area contributed by atoms with Gasteiger partial charge in [0.2, 0.25) is 10.0 Å². The summed E-state index contributed by atoms with van der Waals surface area (Å²) >= 11 is 0. The Balaban J connectivity index is 2.08. The second kappa shape index (κ2) is 8.38. The summed E-state index contributed by atoms with van der Waals surface area (Å²) in [5.74, 6) is 4.62. The SMILES string of the molecule is N/C(=N\N(N)Cc1ccncc1)c1ccc(S(=O)(=O)NCC(=O)O)cc1. The number of pyridine rings is 1. The van der Waals surface area contributed by atoms with Gasteiger partial charge < -0.3 is 10.8 Å². The second-order valence-electron chi connectivity index (χ2n) is 5.18. The molecule has 1 aromatic carbocycles. The molecule has 0 aliphatic rings. The van der Waals surface area contributed by atoms with E-state index >= 15 is 0 Å². The summed E-state index contributed by atoms with van der Waals surface area (Å²) in [6.07, 6.45) is 3.27. The number of carboxylic acids is 1. The lowest BCUT2D eigenvalue weighted by molar-refractivity contribution is -0.135. The molecular weight excluding hydrogens is 360 g/mol. The Kier molecular flexibility index (Phi) is 6.22. The molecule has 1 aromatic heterocycles. The van der Waals surface area contributed by atoms with Gasteiger partial charge in [0.05, 0.1) is 11.4 Å².